The zero-order chi connectivity index (χ0) is 25.0. The summed E-state index contributed by atoms with van der Waals surface area (Å²) in [4.78, 5) is 22.5. The van der Waals surface area contributed by atoms with E-state index in [1.807, 2.05) is 30.1 Å². The second-order valence-corrected chi connectivity index (χ2v) is 8.65. The van der Waals surface area contributed by atoms with Gasteiger partial charge in [-0.25, -0.2) is 4.98 Å². The normalized spacial score (nSPS) is 15.1. The summed E-state index contributed by atoms with van der Waals surface area (Å²) in [5.74, 6) is 6.18. The lowest BCUT2D eigenvalue weighted by molar-refractivity contribution is 0.0920. The Hall–Kier alpha value is -4.16. The maximum atomic E-state index is 13.0. The molecular weight excluding hydrogens is 451 g/mol. The van der Waals surface area contributed by atoms with E-state index in [4.69, 9.17) is 9.47 Å². The molecule has 0 fully saturated rings. The van der Waals surface area contributed by atoms with Crippen LogP contribution in [-0.2, 0) is 0 Å². The number of carbonyl (C=O) groups is 1. The fourth-order valence-electron chi connectivity index (χ4n) is 3.42. The van der Waals surface area contributed by atoms with Gasteiger partial charge in [0.2, 0.25) is 5.95 Å². The van der Waals surface area contributed by atoms with Gasteiger partial charge in [0, 0.05) is 31.4 Å². The third-order valence-electron chi connectivity index (χ3n) is 5.05. The lowest BCUT2D eigenvalue weighted by Crippen LogP contribution is -2.45. The van der Waals surface area contributed by atoms with Crippen molar-refractivity contribution in [3.8, 4) is 29.1 Å². The van der Waals surface area contributed by atoms with Crippen molar-refractivity contribution in [1.29, 1.82) is 0 Å². The largest absolute Gasteiger partial charge is 0.489 e. The predicted molar refractivity (Wildman–Crippen MR) is 128 cm³/mol. The van der Waals surface area contributed by atoms with Gasteiger partial charge < -0.3 is 24.8 Å². The van der Waals surface area contributed by atoms with Crippen LogP contribution in [0.1, 0.15) is 29.9 Å². The summed E-state index contributed by atoms with van der Waals surface area (Å²) in [6.07, 6.45) is 2.72. The standard InChI is InChI=1S/C26H25FN4O4/c1-26(2,33)10-8-17-4-6-23-22(12-17)31(3)15-18(16-34-23)30-25(32)21-13-19(9-11-28-21)35-20-5-7-24(27)29-14-20/h4-7,9,11-14,18,33H,15-16H2,1-3H3,(H,30,32)/t18-/m1/s1. The Balaban J connectivity index is 1.43. The second-order valence-electron chi connectivity index (χ2n) is 8.65. The molecule has 4 rings (SSSR count). The summed E-state index contributed by atoms with van der Waals surface area (Å²) in [7, 11) is 1.91. The molecule has 0 saturated heterocycles. The number of hydrogen-bond donors (Lipinski definition) is 2. The molecule has 8 nitrogen and oxygen atoms in total. The monoisotopic (exact) mass is 476 g/mol. The first kappa shape index (κ1) is 24.0. The van der Waals surface area contributed by atoms with E-state index in [0.717, 1.165) is 11.3 Å². The molecule has 3 heterocycles. The molecule has 1 atom stereocenters. The van der Waals surface area contributed by atoms with E-state index < -0.39 is 11.5 Å². The van der Waals surface area contributed by atoms with Gasteiger partial charge in [-0.1, -0.05) is 11.8 Å². The summed E-state index contributed by atoms with van der Waals surface area (Å²) in [5.41, 5.74) is 0.676. The van der Waals surface area contributed by atoms with Gasteiger partial charge >= 0.3 is 0 Å². The van der Waals surface area contributed by atoms with E-state index in [2.05, 4.69) is 27.1 Å². The number of carbonyl (C=O) groups excluding carboxylic acids is 1. The number of benzene rings is 1. The van der Waals surface area contributed by atoms with Crippen molar-refractivity contribution in [2.75, 3.05) is 25.1 Å². The highest BCUT2D eigenvalue weighted by Gasteiger charge is 2.23. The van der Waals surface area contributed by atoms with Crippen molar-refractivity contribution in [1.82, 2.24) is 15.3 Å². The summed E-state index contributed by atoms with van der Waals surface area (Å²) in [5, 5.41) is 12.8. The average molecular weight is 477 g/mol. The van der Waals surface area contributed by atoms with Gasteiger partial charge in [-0.15, -0.1) is 0 Å². The maximum Gasteiger partial charge on any atom is 0.270 e. The zero-order valence-corrected chi connectivity index (χ0v) is 19.6. The number of aliphatic hydroxyl groups is 1. The number of pyridine rings is 2. The molecule has 0 saturated carbocycles. The molecular formula is C26H25FN4O4. The number of nitrogens with zero attached hydrogens (tertiary/aromatic N) is 3. The number of nitrogens with one attached hydrogen (secondary N) is 1. The van der Waals surface area contributed by atoms with Crippen LogP contribution in [0.15, 0.2) is 54.9 Å². The molecule has 0 unspecified atom stereocenters. The summed E-state index contributed by atoms with van der Waals surface area (Å²) < 4.78 is 24.6. The van der Waals surface area contributed by atoms with Gasteiger partial charge in [0.1, 0.15) is 35.2 Å². The van der Waals surface area contributed by atoms with Crippen molar-refractivity contribution < 1.29 is 23.8 Å². The van der Waals surface area contributed by atoms with E-state index in [9.17, 15) is 14.3 Å². The number of aromatic nitrogens is 2. The van der Waals surface area contributed by atoms with Crippen LogP contribution < -0.4 is 19.7 Å². The number of rotatable bonds is 4. The Morgan fingerprint density at radius 3 is 2.80 bits per heavy atom. The average Bonchev–Trinajstić information content (AvgIpc) is 2.97. The SMILES string of the molecule is CN1C[C@@H](NC(=O)c2cc(Oc3ccc(F)nc3)ccn2)COc2ccc(C#CC(C)(C)O)cc21. The van der Waals surface area contributed by atoms with Crippen LogP contribution in [0.4, 0.5) is 10.1 Å². The molecule has 2 aromatic heterocycles. The topological polar surface area (TPSA) is 96.8 Å². The molecule has 0 spiro atoms. The fourth-order valence-corrected chi connectivity index (χ4v) is 3.42. The zero-order valence-electron chi connectivity index (χ0n) is 19.6. The van der Waals surface area contributed by atoms with Crippen LogP contribution in [0, 0.1) is 17.8 Å². The highest BCUT2D eigenvalue weighted by atomic mass is 19.1. The molecule has 2 N–H and O–H groups in total. The minimum Gasteiger partial charge on any atom is -0.489 e. The minimum atomic E-state index is -1.09. The van der Waals surface area contributed by atoms with Gasteiger partial charge in [-0.3, -0.25) is 9.78 Å². The van der Waals surface area contributed by atoms with Gasteiger partial charge in [0.15, 0.2) is 0 Å². The number of anilines is 1. The van der Waals surface area contributed by atoms with Crippen molar-refractivity contribution in [3.05, 3.63) is 72.1 Å². The van der Waals surface area contributed by atoms with Crippen LogP contribution in [-0.4, -0.2) is 52.8 Å². The Bertz CT molecular complexity index is 1280. The number of ether oxygens (including phenoxy) is 2. The molecule has 1 aliphatic rings. The molecule has 35 heavy (non-hydrogen) atoms. The first-order chi connectivity index (χ1) is 16.7. The van der Waals surface area contributed by atoms with Crippen LogP contribution in [0.2, 0.25) is 0 Å². The number of hydrogen-bond acceptors (Lipinski definition) is 7. The van der Waals surface area contributed by atoms with E-state index in [1.54, 1.807) is 19.9 Å². The maximum absolute atomic E-state index is 13.0. The van der Waals surface area contributed by atoms with Crippen molar-refractivity contribution in [2.24, 2.45) is 0 Å². The van der Waals surface area contributed by atoms with E-state index in [0.29, 0.717) is 23.8 Å². The number of amides is 1. The van der Waals surface area contributed by atoms with Gasteiger partial charge in [-0.05, 0) is 50.2 Å². The third kappa shape index (κ3) is 6.46. The van der Waals surface area contributed by atoms with Crippen molar-refractivity contribution in [3.63, 3.8) is 0 Å². The Kier molecular flexibility index (Phi) is 6.85. The molecule has 0 radical (unpaired) electrons. The highest BCUT2D eigenvalue weighted by Crippen LogP contribution is 2.31. The summed E-state index contributed by atoms with van der Waals surface area (Å²) in [6.45, 7) is 4.03. The van der Waals surface area contributed by atoms with Gasteiger partial charge in [0.25, 0.3) is 5.91 Å². The van der Waals surface area contributed by atoms with E-state index in [-0.39, 0.29) is 24.2 Å². The molecule has 0 aliphatic carbocycles. The molecule has 1 amide bonds. The molecule has 1 aromatic carbocycles. The molecule has 1 aliphatic heterocycles. The van der Waals surface area contributed by atoms with Crippen LogP contribution in [0.5, 0.6) is 17.2 Å². The predicted octanol–water partition coefficient (Wildman–Crippen LogP) is 3.16. The Morgan fingerprint density at radius 2 is 2.06 bits per heavy atom. The molecule has 3 aromatic rings. The Morgan fingerprint density at radius 1 is 1.23 bits per heavy atom. The molecule has 0 bridgehead atoms. The minimum absolute atomic E-state index is 0.172. The van der Waals surface area contributed by atoms with E-state index in [1.165, 1.54) is 30.6 Å². The third-order valence-corrected chi connectivity index (χ3v) is 5.05. The van der Waals surface area contributed by atoms with Gasteiger partial charge in [-0.2, -0.15) is 4.39 Å². The highest BCUT2D eigenvalue weighted by molar-refractivity contribution is 5.92. The van der Waals surface area contributed by atoms with Gasteiger partial charge in [0.05, 0.1) is 17.9 Å². The van der Waals surface area contributed by atoms with Crippen LogP contribution >= 0.6 is 0 Å². The second kappa shape index (κ2) is 9.99. The smallest absolute Gasteiger partial charge is 0.270 e. The van der Waals surface area contributed by atoms with Crippen LogP contribution in [0.25, 0.3) is 0 Å². The number of fused-ring (bicyclic) bond motifs is 1. The van der Waals surface area contributed by atoms with Crippen LogP contribution in [0.3, 0.4) is 0 Å². The first-order valence-corrected chi connectivity index (χ1v) is 11.0. The fraction of sp³-hybridized carbons (Fsp3) is 0.269. The van der Waals surface area contributed by atoms with E-state index >= 15 is 0 Å². The lowest BCUT2D eigenvalue weighted by Gasteiger charge is -2.22. The van der Waals surface area contributed by atoms with Crippen molar-refractivity contribution >= 4 is 11.6 Å². The van der Waals surface area contributed by atoms with Crippen molar-refractivity contribution in [2.45, 2.75) is 25.5 Å². The first-order valence-electron chi connectivity index (χ1n) is 11.0. The quantitative estimate of drug-likeness (QED) is 0.441. The Labute approximate surface area is 202 Å². The lowest BCUT2D eigenvalue weighted by atomic mass is 10.1. The number of halogens is 1. The molecule has 9 heteroatoms. The number of likely N-dealkylation sites (N-methyl/N-ethyl adjacent to an activating group) is 1. The summed E-state index contributed by atoms with van der Waals surface area (Å²) >= 11 is 0. The summed E-state index contributed by atoms with van der Waals surface area (Å²) in [6, 6.07) is 11.0. The molecule has 180 valence electrons.